The zero-order valence-corrected chi connectivity index (χ0v) is 19.7. The van der Waals surface area contributed by atoms with E-state index >= 15 is 0 Å². The minimum absolute atomic E-state index is 1.43. The van der Waals surface area contributed by atoms with E-state index in [9.17, 15) is 0 Å². The first-order valence-corrected chi connectivity index (χ1v) is 15.8. The van der Waals surface area contributed by atoms with E-state index in [0.29, 0.717) is 0 Å². The van der Waals surface area contributed by atoms with Crippen LogP contribution in [0, 0.1) is 0 Å². The second kappa shape index (κ2) is 9.27. The molecule has 0 aliphatic heterocycles. The van der Waals surface area contributed by atoms with E-state index in [4.69, 9.17) is 38.9 Å². The zero-order chi connectivity index (χ0) is 18.4. The molecule has 0 aromatic heterocycles. The summed E-state index contributed by atoms with van der Waals surface area (Å²) in [5.74, 6) is 0. The summed E-state index contributed by atoms with van der Waals surface area (Å²) in [6, 6.07) is 0. The van der Waals surface area contributed by atoms with Crippen LogP contribution in [0.1, 0.15) is 0 Å². The molecule has 13 heteroatoms. The Morgan fingerprint density at radius 3 is 0.826 bits per heavy atom. The molecule has 0 aromatic carbocycles. The standard InChI is InChI=1S/C10H30O9Si4/c1-11-20(7,8)17-22(13-3,14-4)19-23(15-5,16-6)18-21(9,10)12-2/h1-10H3. The van der Waals surface area contributed by atoms with Crippen molar-refractivity contribution in [3.8, 4) is 0 Å². The molecule has 9 nitrogen and oxygen atoms in total. The molecule has 0 fully saturated rings. The fourth-order valence-electron chi connectivity index (χ4n) is 1.38. The molecule has 0 saturated heterocycles. The highest BCUT2D eigenvalue weighted by molar-refractivity contribution is 6.81. The molecule has 0 aliphatic rings. The Hall–Kier alpha value is 0.508. The predicted octanol–water partition coefficient (Wildman–Crippen LogP) is 1.19. The summed E-state index contributed by atoms with van der Waals surface area (Å²) in [6.07, 6.45) is 0. The largest absolute Gasteiger partial charge is 0.664 e. The topological polar surface area (TPSA) is 83.1 Å². The monoisotopic (exact) mass is 406 g/mol. The number of hydrogen-bond acceptors (Lipinski definition) is 9. The van der Waals surface area contributed by atoms with Crippen LogP contribution in [0.4, 0.5) is 0 Å². The molecule has 0 rings (SSSR count). The molecule has 0 aromatic rings. The van der Waals surface area contributed by atoms with E-state index in [-0.39, 0.29) is 0 Å². The van der Waals surface area contributed by atoms with Gasteiger partial charge >= 0.3 is 35.2 Å². The van der Waals surface area contributed by atoms with Crippen molar-refractivity contribution in [2.24, 2.45) is 0 Å². The molecule has 0 N–H and O–H groups in total. The highest BCUT2D eigenvalue weighted by atomic mass is 28.5. The van der Waals surface area contributed by atoms with Gasteiger partial charge in [0.25, 0.3) is 0 Å². The van der Waals surface area contributed by atoms with Crippen LogP contribution >= 0.6 is 0 Å². The molecule has 0 heterocycles. The lowest BCUT2D eigenvalue weighted by atomic mass is 11.8. The summed E-state index contributed by atoms with van der Waals surface area (Å²) in [4.78, 5) is 0. The third-order valence-electron chi connectivity index (χ3n) is 2.97. The van der Waals surface area contributed by atoms with Crippen molar-refractivity contribution >= 4 is 35.2 Å². The zero-order valence-electron chi connectivity index (χ0n) is 15.7. The molecule has 0 unspecified atom stereocenters. The third kappa shape index (κ3) is 7.10. The fraction of sp³-hybridized carbons (Fsp3) is 1.00. The Morgan fingerprint density at radius 2 is 0.652 bits per heavy atom. The Bertz CT molecular complexity index is 315. The molecule has 0 spiro atoms. The maximum absolute atomic E-state index is 5.95. The lowest BCUT2D eigenvalue weighted by Crippen LogP contribution is -2.66. The molecule has 0 saturated carbocycles. The van der Waals surface area contributed by atoms with Gasteiger partial charge in [0.05, 0.1) is 0 Å². The minimum Gasteiger partial charge on any atom is -0.398 e. The first kappa shape index (κ1) is 23.5. The quantitative estimate of drug-likeness (QED) is 0.444. The van der Waals surface area contributed by atoms with Crippen LogP contribution in [0.5, 0.6) is 0 Å². The first-order valence-electron chi connectivity index (χ1n) is 6.90. The molecule has 140 valence electrons. The maximum Gasteiger partial charge on any atom is 0.664 e. The predicted molar refractivity (Wildman–Crippen MR) is 91.8 cm³/mol. The van der Waals surface area contributed by atoms with Gasteiger partial charge in [0, 0.05) is 42.7 Å². The van der Waals surface area contributed by atoms with Crippen molar-refractivity contribution in [2.45, 2.75) is 26.2 Å². The summed E-state index contributed by atoms with van der Waals surface area (Å²) >= 11 is 0. The van der Waals surface area contributed by atoms with Crippen molar-refractivity contribution in [2.75, 3.05) is 42.7 Å². The van der Waals surface area contributed by atoms with Gasteiger partial charge in [0.1, 0.15) is 0 Å². The second-order valence-electron chi connectivity index (χ2n) is 5.33. The van der Waals surface area contributed by atoms with Crippen molar-refractivity contribution in [3.63, 3.8) is 0 Å². The van der Waals surface area contributed by atoms with Crippen LogP contribution in [0.25, 0.3) is 0 Å². The summed E-state index contributed by atoms with van der Waals surface area (Å²) in [5, 5.41) is 0. The molecule has 0 amide bonds. The van der Waals surface area contributed by atoms with Gasteiger partial charge in [-0.25, -0.2) is 0 Å². The van der Waals surface area contributed by atoms with Gasteiger partial charge in [-0.2, -0.15) is 0 Å². The van der Waals surface area contributed by atoms with E-state index in [1.54, 1.807) is 14.2 Å². The van der Waals surface area contributed by atoms with E-state index in [1.807, 2.05) is 26.2 Å². The van der Waals surface area contributed by atoms with Crippen molar-refractivity contribution in [3.05, 3.63) is 0 Å². The van der Waals surface area contributed by atoms with Crippen LogP contribution in [-0.4, -0.2) is 77.9 Å². The van der Waals surface area contributed by atoms with Gasteiger partial charge in [-0.3, -0.25) is 0 Å². The number of hydrogen-bond donors (Lipinski definition) is 0. The highest BCUT2D eigenvalue weighted by Crippen LogP contribution is 2.26. The van der Waals surface area contributed by atoms with Gasteiger partial charge in [-0.15, -0.1) is 0 Å². The third-order valence-corrected chi connectivity index (χ3v) is 14.9. The Morgan fingerprint density at radius 1 is 0.391 bits per heavy atom. The molecule has 23 heavy (non-hydrogen) atoms. The van der Waals surface area contributed by atoms with Crippen molar-refractivity contribution in [1.29, 1.82) is 0 Å². The fourth-order valence-corrected chi connectivity index (χ4v) is 12.2. The van der Waals surface area contributed by atoms with E-state index in [0.717, 1.165) is 0 Å². The first-order chi connectivity index (χ1) is 10.5. The van der Waals surface area contributed by atoms with E-state index < -0.39 is 35.2 Å². The maximum atomic E-state index is 5.95. The highest BCUT2D eigenvalue weighted by Gasteiger charge is 2.61. The summed E-state index contributed by atoms with van der Waals surface area (Å²) in [6.45, 7) is 7.36. The Kier molecular flexibility index (Phi) is 9.48. The Labute approximate surface area is 143 Å². The van der Waals surface area contributed by atoms with Crippen LogP contribution in [0.2, 0.25) is 26.2 Å². The molecular formula is C10H30O9Si4. The molecule has 0 radical (unpaired) electrons. The SMILES string of the molecule is CO[Si](C)(C)O[Si](OC)(OC)O[Si](OC)(OC)O[Si](C)(C)OC. The van der Waals surface area contributed by atoms with Gasteiger partial charge in [-0.1, -0.05) is 0 Å². The lowest BCUT2D eigenvalue weighted by molar-refractivity contribution is -0.00793. The number of rotatable bonds is 12. The van der Waals surface area contributed by atoms with Gasteiger partial charge in [-0.05, 0) is 26.2 Å². The van der Waals surface area contributed by atoms with Gasteiger partial charge in [0.2, 0.25) is 0 Å². The van der Waals surface area contributed by atoms with Crippen LogP contribution in [0.15, 0.2) is 0 Å². The smallest absolute Gasteiger partial charge is 0.398 e. The average Bonchev–Trinajstić information content (AvgIpc) is 2.53. The van der Waals surface area contributed by atoms with Gasteiger partial charge in [0.15, 0.2) is 0 Å². The van der Waals surface area contributed by atoms with Crippen molar-refractivity contribution in [1.82, 2.24) is 0 Å². The summed E-state index contributed by atoms with van der Waals surface area (Å²) in [7, 11) is -3.41. The van der Waals surface area contributed by atoms with Gasteiger partial charge < -0.3 is 38.9 Å². The van der Waals surface area contributed by atoms with Crippen LogP contribution in [0.3, 0.4) is 0 Å². The normalized spacial score (nSPS) is 14.3. The molecule has 0 bridgehead atoms. The summed E-state index contributed by atoms with van der Waals surface area (Å²) in [5.41, 5.74) is 0. The minimum atomic E-state index is -3.60. The van der Waals surface area contributed by atoms with E-state index in [1.165, 1.54) is 28.4 Å². The molecule has 0 atom stereocenters. The van der Waals surface area contributed by atoms with Crippen molar-refractivity contribution < 1.29 is 38.9 Å². The van der Waals surface area contributed by atoms with Crippen LogP contribution in [-0.2, 0) is 38.9 Å². The lowest BCUT2D eigenvalue weighted by Gasteiger charge is -2.38. The molecule has 0 aliphatic carbocycles. The van der Waals surface area contributed by atoms with E-state index in [2.05, 4.69) is 0 Å². The Balaban J connectivity index is 5.55. The second-order valence-corrected chi connectivity index (χ2v) is 17.8. The van der Waals surface area contributed by atoms with Crippen LogP contribution < -0.4 is 0 Å². The summed E-state index contributed by atoms with van der Waals surface area (Å²) < 4.78 is 50.3. The average molecular weight is 407 g/mol. The molecular weight excluding hydrogens is 376 g/mol.